The van der Waals surface area contributed by atoms with E-state index in [0.29, 0.717) is 0 Å². The maximum Gasteiger partial charge on any atom is 0.323 e. The van der Waals surface area contributed by atoms with Crippen LogP contribution in [-0.4, -0.2) is 65.5 Å². The second-order valence-electron chi connectivity index (χ2n) is 1.86. The fraction of sp³-hybridized carbons (Fsp3) is 0.571. The zero-order valence-electron chi connectivity index (χ0n) is 17.8. The lowest BCUT2D eigenvalue weighted by atomic mass is 10.6. The first-order chi connectivity index (χ1) is 10.8. The molecular weight excluding hydrogens is 220 g/mol. The van der Waals surface area contributed by atoms with Gasteiger partial charge in [0.1, 0.15) is 6.54 Å². The third-order valence-electron chi connectivity index (χ3n) is 0.718. The van der Waals surface area contributed by atoms with Crippen LogP contribution in [0.5, 0.6) is 0 Å². The molecule has 0 aliphatic rings. The van der Waals surface area contributed by atoms with E-state index in [1.165, 1.54) is 5.32 Å². The SMILES string of the molecule is O.[2H]C([2H])([2H])NC([2H])([2H])C(=O)O.[2H]N([2H])C(=N)N(CC(=O)O)C([2H])([2H])[2H]. The molecule has 0 atom stereocenters. The molecule has 96 valence electrons. The van der Waals surface area contributed by atoms with E-state index in [0.717, 1.165) is 0 Å². The summed E-state index contributed by atoms with van der Waals surface area (Å²) in [6.45, 7) is -9.51. The highest BCUT2D eigenvalue weighted by Gasteiger charge is 2.03. The van der Waals surface area contributed by atoms with Gasteiger partial charge in [0.05, 0.1) is 9.24 Å². The Bertz CT molecular complexity index is 493. The third-order valence-corrected chi connectivity index (χ3v) is 0.718. The molecule has 9 nitrogen and oxygen atoms in total. The van der Waals surface area contributed by atoms with Crippen LogP contribution >= 0.6 is 0 Å². The molecule has 0 aliphatic carbocycles. The first-order valence-electron chi connectivity index (χ1n) is 8.09. The topological polar surface area (TPSA) is 171 Å². The van der Waals surface area contributed by atoms with E-state index in [1.54, 1.807) is 0 Å². The van der Waals surface area contributed by atoms with Crippen LogP contribution in [0.25, 0.3) is 0 Å². The second-order valence-corrected chi connectivity index (χ2v) is 1.86. The average Bonchev–Trinajstić information content (AvgIpc) is 2.31. The van der Waals surface area contributed by atoms with Crippen molar-refractivity contribution in [1.29, 1.82) is 5.41 Å². The molecule has 9 heteroatoms. The molecule has 0 amide bonds. The van der Waals surface area contributed by atoms with Gasteiger partial charge in [-0.05, 0) is 6.98 Å². The standard InChI is InChI=1S/C4H9N3O2.C3H7NO2.H2O/c1-7(4(5)6)2-3(8)9;1-4-2-3(5)6;/h2H2,1H3,(H3,5,6)(H,8,9);4H,2H2,1H3,(H,5,6);1H2/i1D3;1D3,2D2;/hD2. The van der Waals surface area contributed by atoms with Crippen LogP contribution < -0.4 is 11.0 Å². The van der Waals surface area contributed by atoms with Gasteiger partial charge in [0.25, 0.3) is 0 Å². The molecule has 0 unspecified atom stereocenters. The number of hydrogen-bond acceptors (Lipinski definition) is 4. The van der Waals surface area contributed by atoms with Gasteiger partial charge in [-0.25, -0.2) is 0 Å². The molecule has 0 saturated carbocycles. The van der Waals surface area contributed by atoms with Gasteiger partial charge in [-0.15, -0.1) is 0 Å². The zero-order chi connectivity index (χ0) is 20.8. The highest BCUT2D eigenvalue weighted by molar-refractivity contribution is 5.79. The highest BCUT2D eigenvalue weighted by Crippen LogP contribution is 1.76. The molecule has 0 aromatic rings. The predicted molar refractivity (Wildman–Crippen MR) is 57.4 cm³/mol. The molecule has 0 heterocycles. The number of nitrogens with one attached hydrogen (secondary N) is 2. The maximum atomic E-state index is 10.3. The van der Waals surface area contributed by atoms with Gasteiger partial charge in [0.2, 0.25) is 0 Å². The quantitative estimate of drug-likeness (QED) is 0.267. The summed E-state index contributed by atoms with van der Waals surface area (Å²) in [7, 11) is 0. The first-order valence-corrected chi connectivity index (χ1v) is 3.20. The Morgan fingerprint density at radius 3 is 2.50 bits per heavy atom. The van der Waals surface area contributed by atoms with Gasteiger partial charge < -0.3 is 31.6 Å². The number of carboxylic acid groups (broad SMARTS) is 2. The van der Waals surface area contributed by atoms with Crippen molar-refractivity contribution in [1.82, 2.24) is 10.2 Å². The lowest BCUT2D eigenvalue weighted by Crippen LogP contribution is -2.36. The fourth-order valence-corrected chi connectivity index (χ4v) is 0.264. The molecule has 0 fully saturated rings. The summed E-state index contributed by atoms with van der Waals surface area (Å²) in [5, 5.41) is 24.8. The van der Waals surface area contributed by atoms with Gasteiger partial charge in [-0.3, -0.25) is 15.0 Å². The van der Waals surface area contributed by atoms with Crippen molar-refractivity contribution in [2.24, 2.45) is 5.72 Å². The molecule has 0 spiro atoms. The van der Waals surface area contributed by atoms with Crippen molar-refractivity contribution >= 4 is 17.9 Å². The summed E-state index contributed by atoms with van der Waals surface area (Å²) in [4.78, 5) is 20.4. The van der Waals surface area contributed by atoms with Crippen molar-refractivity contribution in [3.8, 4) is 0 Å². The lowest BCUT2D eigenvalue weighted by molar-refractivity contribution is -0.137. The molecule has 0 aromatic carbocycles. The smallest absolute Gasteiger partial charge is 0.323 e. The normalized spacial score (nSPS) is 19.2. The van der Waals surface area contributed by atoms with Crippen molar-refractivity contribution in [2.45, 2.75) is 0 Å². The Morgan fingerprint density at radius 1 is 1.62 bits per heavy atom. The average molecular weight is 248 g/mol. The van der Waals surface area contributed by atoms with Crippen molar-refractivity contribution in [3.63, 3.8) is 0 Å². The second kappa shape index (κ2) is 11.2. The van der Waals surface area contributed by atoms with Crippen LogP contribution in [0, 0.1) is 5.41 Å². The Kier molecular flexibility index (Phi) is 3.82. The van der Waals surface area contributed by atoms with Gasteiger partial charge >= 0.3 is 11.9 Å². The Balaban J connectivity index is -0.000000402. The first kappa shape index (κ1) is 5.46. The van der Waals surface area contributed by atoms with E-state index in [2.05, 4.69) is 0 Å². The predicted octanol–water partition coefficient (Wildman–Crippen LogP) is -2.64. The number of likely N-dealkylation sites (N-methyl/N-ethyl adjacent to an activating group) is 2. The highest BCUT2D eigenvalue weighted by atomic mass is 16.4. The number of hydrogen-bond donors (Lipinski definition) is 5. The molecule has 16 heavy (non-hydrogen) atoms. The van der Waals surface area contributed by atoms with E-state index >= 15 is 0 Å². The summed E-state index contributed by atoms with van der Waals surface area (Å²) in [6, 6.07) is 0. The lowest BCUT2D eigenvalue weighted by Gasteiger charge is -2.12. The Hall–Kier alpha value is -1.87. The third kappa shape index (κ3) is 18.0. The van der Waals surface area contributed by atoms with E-state index in [4.69, 9.17) is 29.4 Å². The minimum absolute atomic E-state index is 0. The van der Waals surface area contributed by atoms with E-state index in [-0.39, 0.29) is 16.1 Å². The number of nitrogens with two attached hydrogens (primary N) is 1. The van der Waals surface area contributed by atoms with E-state index < -0.39 is 44.9 Å². The summed E-state index contributed by atoms with van der Waals surface area (Å²) in [6.07, 6.45) is 0. The summed E-state index contributed by atoms with van der Waals surface area (Å²) >= 11 is 0. The molecule has 0 rings (SSSR count). The number of aliphatic carboxylic acids is 2. The molecule has 0 bridgehead atoms. The van der Waals surface area contributed by atoms with Crippen LogP contribution in [0.1, 0.15) is 11.0 Å². The molecule has 0 saturated heterocycles. The number of guanidine groups is 1. The van der Waals surface area contributed by atoms with Crippen molar-refractivity contribution < 1.29 is 39.1 Å². The van der Waals surface area contributed by atoms with Gasteiger partial charge in [0.15, 0.2) is 8.78 Å². The summed E-state index contributed by atoms with van der Waals surface area (Å²) in [5.74, 6) is -4.33. The summed E-state index contributed by atoms with van der Waals surface area (Å²) < 4.78 is 66.6. The minimum atomic E-state index is -2.91. The Labute approximate surface area is 107 Å². The maximum absolute atomic E-state index is 10.3. The van der Waals surface area contributed by atoms with Crippen LogP contribution in [0.15, 0.2) is 0 Å². The van der Waals surface area contributed by atoms with Gasteiger partial charge in [-0.2, -0.15) is 0 Å². The Morgan fingerprint density at radius 2 is 2.25 bits per heavy atom. The number of carboxylic acids is 2. The van der Waals surface area contributed by atoms with E-state index in [1.807, 2.05) is 0 Å². The van der Waals surface area contributed by atoms with Gasteiger partial charge in [-0.1, -0.05) is 0 Å². The molecule has 8 N–H and O–H groups in total. The molecule has 0 aromatic heterocycles. The zero-order valence-corrected chi connectivity index (χ0v) is 7.81. The summed E-state index contributed by atoms with van der Waals surface area (Å²) in [5.41, 5.74) is -0.269. The van der Waals surface area contributed by atoms with Crippen molar-refractivity contribution in [3.05, 3.63) is 0 Å². The number of rotatable bonds is 4. The van der Waals surface area contributed by atoms with Crippen molar-refractivity contribution in [2.75, 3.05) is 27.0 Å². The van der Waals surface area contributed by atoms with Crippen LogP contribution in [0.4, 0.5) is 0 Å². The number of carbonyl (C=O) groups is 2. The van der Waals surface area contributed by atoms with Crippen LogP contribution in [0.3, 0.4) is 0 Å². The minimum Gasteiger partial charge on any atom is -0.480 e. The molecular formula is C7H18N4O5. The largest absolute Gasteiger partial charge is 0.480 e. The van der Waals surface area contributed by atoms with Gasteiger partial charge in [0, 0.05) is 15.2 Å². The molecule has 0 radical (unpaired) electrons. The van der Waals surface area contributed by atoms with Crippen LogP contribution in [0.2, 0.25) is 2.82 Å². The van der Waals surface area contributed by atoms with Crippen LogP contribution in [-0.2, 0) is 9.59 Å². The molecule has 0 aliphatic heterocycles. The van der Waals surface area contributed by atoms with E-state index in [9.17, 15) is 9.59 Å². The number of nitrogens with zero attached hydrogens (tertiary/aromatic N) is 1. The fourth-order valence-electron chi connectivity index (χ4n) is 0.264. The monoisotopic (exact) mass is 248 g/mol.